The van der Waals surface area contributed by atoms with Gasteiger partial charge in [-0.25, -0.2) is 13.4 Å². The van der Waals surface area contributed by atoms with Gasteiger partial charge in [-0.05, 0) is 18.2 Å². The molecule has 0 aliphatic rings. The summed E-state index contributed by atoms with van der Waals surface area (Å²) < 4.78 is 61.3. The molecule has 0 aliphatic heterocycles. The fourth-order valence-corrected chi connectivity index (χ4v) is 1.98. The first-order valence-electron chi connectivity index (χ1n) is 4.70. The summed E-state index contributed by atoms with van der Waals surface area (Å²) in [6, 6.07) is 3.89. The number of hydrogen-bond acceptors (Lipinski definition) is 3. The van der Waals surface area contributed by atoms with Crippen molar-refractivity contribution in [3.63, 3.8) is 0 Å². The Bertz CT molecular complexity index is 691. The van der Waals surface area contributed by atoms with Crippen molar-refractivity contribution >= 4 is 26.7 Å². The minimum atomic E-state index is -4.57. The van der Waals surface area contributed by atoms with Crippen LogP contribution in [0.2, 0.25) is 0 Å². The monoisotopic (exact) mass is 279 g/mol. The molecule has 98 valence electrons. The molecule has 0 radical (unpaired) electrons. The smallest absolute Gasteiger partial charge is 0.334 e. The minimum absolute atomic E-state index is 0.107. The Morgan fingerprint density at radius 3 is 2.56 bits per heavy atom. The molecule has 0 amide bonds. The maximum atomic E-state index is 12.4. The van der Waals surface area contributed by atoms with E-state index in [9.17, 15) is 21.6 Å². The predicted molar refractivity (Wildman–Crippen MR) is 59.6 cm³/mol. The number of alkyl halides is 3. The van der Waals surface area contributed by atoms with Gasteiger partial charge in [0.05, 0.1) is 23.0 Å². The largest absolute Gasteiger partial charge is 0.449 e. The standard InChI is InChI=1S/C9H8F3N3O2S/c1-18(16,17)15-5-2-3-6-7(4-5)14-8(13-6)9(10,11)12/h2-4,15H,1H3,(H,13,14). The molecule has 0 saturated carbocycles. The first kappa shape index (κ1) is 12.7. The van der Waals surface area contributed by atoms with Gasteiger partial charge >= 0.3 is 6.18 Å². The quantitative estimate of drug-likeness (QED) is 0.882. The van der Waals surface area contributed by atoms with Crippen LogP contribution in [0.15, 0.2) is 18.2 Å². The zero-order valence-electron chi connectivity index (χ0n) is 9.04. The van der Waals surface area contributed by atoms with Crippen molar-refractivity contribution < 1.29 is 21.6 Å². The van der Waals surface area contributed by atoms with Gasteiger partial charge in [0, 0.05) is 0 Å². The highest BCUT2D eigenvalue weighted by atomic mass is 32.2. The lowest BCUT2D eigenvalue weighted by atomic mass is 10.3. The molecule has 2 aromatic rings. The molecule has 0 spiro atoms. The van der Waals surface area contributed by atoms with Gasteiger partial charge in [0.1, 0.15) is 0 Å². The number of sulfonamides is 1. The lowest BCUT2D eigenvalue weighted by Crippen LogP contribution is -2.09. The molecule has 0 bridgehead atoms. The predicted octanol–water partition coefficient (Wildman–Crippen LogP) is 1.95. The second-order valence-corrected chi connectivity index (χ2v) is 5.44. The molecule has 18 heavy (non-hydrogen) atoms. The zero-order valence-corrected chi connectivity index (χ0v) is 9.85. The third-order valence-electron chi connectivity index (χ3n) is 2.05. The molecule has 0 fully saturated rings. The van der Waals surface area contributed by atoms with E-state index in [1.165, 1.54) is 18.2 Å². The highest BCUT2D eigenvalue weighted by Crippen LogP contribution is 2.29. The maximum Gasteiger partial charge on any atom is 0.449 e. The molecule has 0 unspecified atom stereocenters. The molecular weight excluding hydrogens is 271 g/mol. The first-order valence-corrected chi connectivity index (χ1v) is 6.59. The fraction of sp³-hybridized carbons (Fsp3) is 0.222. The molecular formula is C9H8F3N3O2S. The third-order valence-corrected chi connectivity index (χ3v) is 2.66. The summed E-state index contributed by atoms with van der Waals surface area (Å²) in [4.78, 5) is 5.45. The lowest BCUT2D eigenvalue weighted by Gasteiger charge is -2.02. The summed E-state index contributed by atoms with van der Waals surface area (Å²) in [5, 5.41) is 0. The Kier molecular flexibility index (Phi) is 2.73. The number of aromatic amines is 1. The van der Waals surface area contributed by atoms with Crippen LogP contribution in [-0.2, 0) is 16.2 Å². The summed E-state index contributed by atoms with van der Waals surface area (Å²) >= 11 is 0. The Hall–Kier alpha value is -1.77. The number of anilines is 1. The second kappa shape index (κ2) is 3.87. The van der Waals surface area contributed by atoms with Gasteiger partial charge in [0.25, 0.3) is 0 Å². The van der Waals surface area contributed by atoms with Gasteiger partial charge in [-0.3, -0.25) is 4.72 Å². The van der Waals surface area contributed by atoms with E-state index in [-0.39, 0.29) is 16.7 Å². The highest BCUT2D eigenvalue weighted by molar-refractivity contribution is 7.92. The van der Waals surface area contributed by atoms with Crippen LogP contribution in [0.25, 0.3) is 11.0 Å². The average Bonchev–Trinajstić information content (AvgIpc) is 2.57. The van der Waals surface area contributed by atoms with Crippen molar-refractivity contribution in [2.75, 3.05) is 11.0 Å². The summed E-state index contributed by atoms with van der Waals surface area (Å²) in [6.45, 7) is 0. The number of halogens is 3. The Labute approximate surface area is 100 Å². The van der Waals surface area contributed by atoms with E-state index >= 15 is 0 Å². The number of hydrogen-bond donors (Lipinski definition) is 2. The number of H-pyrrole nitrogens is 1. The molecule has 0 aliphatic carbocycles. The van der Waals surface area contributed by atoms with E-state index in [1.54, 1.807) is 0 Å². The number of rotatable bonds is 2. The number of aromatic nitrogens is 2. The van der Waals surface area contributed by atoms with Gasteiger partial charge in [0.15, 0.2) is 0 Å². The Morgan fingerprint density at radius 1 is 1.33 bits per heavy atom. The summed E-state index contributed by atoms with van der Waals surface area (Å²) in [5.74, 6) is -1.12. The van der Waals surface area contributed by atoms with E-state index in [4.69, 9.17) is 0 Å². The average molecular weight is 279 g/mol. The van der Waals surface area contributed by atoms with Gasteiger partial charge < -0.3 is 4.98 Å². The van der Waals surface area contributed by atoms with Crippen molar-refractivity contribution in [3.8, 4) is 0 Å². The third kappa shape index (κ3) is 2.73. The van der Waals surface area contributed by atoms with E-state index in [0.29, 0.717) is 0 Å². The van der Waals surface area contributed by atoms with Crippen LogP contribution in [0.1, 0.15) is 5.82 Å². The zero-order chi connectivity index (χ0) is 13.6. The molecule has 2 rings (SSSR count). The van der Waals surface area contributed by atoms with E-state index in [0.717, 1.165) is 6.26 Å². The number of benzene rings is 1. The molecule has 0 atom stereocenters. The topological polar surface area (TPSA) is 74.8 Å². The van der Waals surface area contributed by atoms with E-state index < -0.39 is 22.0 Å². The van der Waals surface area contributed by atoms with Crippen molar-refractivity contribution in [2.24, 2.45) is 0 Å². The maximum absolute atomic E-state index is 12.4. The van der Waals surface area contributed by atoms with Crippen molar-refractivity contribution in [1.82, 2.24) is 9.97 Å². The normalized spacial score (nSPS) is 12.9. The van der Waals surface area contributed by atoms with Crippen molar-refractivity contribution in [3.05, 3.63) is 24.0 Å². The van der Waals surface area contributed by atoms with Crippen molar-refractivity contribution in [2.45, 2.75) is 6.18 Å². The van der Waals surface area contributed by atoms with Gasteiger partial charge in [-0.1, -0.05) is 0 Å². The van der Waals surface area contributed by atoms with Crippen LogP contribution in [0, 0.1) is 0 Å². The van der Waals surface area contributed by atoms with Crippen LogP contribution in [-0.4, -0.2) is 24.6 Å². The molecule has 2 N–H and O–H groups in total. The van der Waals surface area contributed by atoms with Crippen LogP contribution in [0.3, 0.4) is 0 Å². The molecule has 1 aromatic heterocycles. The van der Waals surface area contributed by atoms with Crippen LogP contribution >= 0.6 is 0 Å². The lowest BCUT2D eigenvalue weighted by molar-refractivity contribution is -0.144. The number of nitrogens with zero attached hydrogens (tertiary/aromatic N) is 1. The molecule has 1 aromatic carbocycles. The molecule has 0 saturated heterocycles. The van der Waals surface area contributed by atoms with Crippen molar-refractivity contribution in [1.29, 1.82) is 0 Å². The molecule has 5 nitrogen and oxygen atoms in total. The van der Waals surface area contributed by atoms with Crippen LogP contribution < -0.4 is 4.72 Å². The Morgan fingerprint density at radius 2 is 2.00 bits per heavy atom. The summed E-state index contributed by atoms with van der Waals surface area (Å²) in [7, 11) is -3.47. The molecule has 9 heteroatoms. The summed E-state index contributed by atoms with van der Waals surface area (Å²) in [6.07, 6.45) is -3.62. The first-order chi connectivity index (χ1) is 8.15. The van der Waals surface area contributed by atoms with E-state index in [1.807, 2.05) is 0 Å². The van der Waals surface area contributed by atoms with Gasteiger partial charge in [0.2, 0.25) is 15.8 Å². The number of imidazole rings is 1. The van der Waals surface area contributed by atoms with Gasteiger partial charge in [-0.15, -0.1) is 0 Å². The Balaban J connectivity index is 2.46. The SMILES string of the molecule is CS(=O)(=O)Nc1ccc2nc(C(F)(F)F)[nH]c2c1. The summed E-state index contributed by atoms with van der Waals surface area (Å²) in [5.41, 5.74) is 0.389. The van der Waals surface area contributed by atoms with Crippen LogP contribution in [0.4, 0.5) is 18.9 Å². The van der Waals surface area contributed by atoms with Gasteiger partial charge in [-0.2, -0.15) is 13.2 Å². The number of nitrogens with one attached hydrogen (secondary N) is 2. The number of fused-ring (bicyclic) bond motifs is 1. The minimum Gasteiger partial charge on any atom is -0.334 e. The van der Waals surface area contributed by atoms with E-state index in [2.05, 4.69) is 14.7 Å². The highest BCUT2D eigenvalue weighted by Gasteiger charge is 2.34. The molecule has 1 heterocycles. The second-order valence-electron chi connectivity index (χ2n) is 3.69. The van der Waals surface area contributed by atoms with Crippen LogP contribution in [0.5, 0.6) is 0 Å². The fourth-order valence-electron chi connectivity index (χ4n) is 1.42.